The number of hydrogen-bond acceptors (Lipinski definition) is 4. The number of nitrogens with zero attached hydrogens (tertiary/aromatic N) is 1. The van der Waals surface area contributed by atoms with Gasteiger partial charge >= 0.3 is 0 Å². The molecule has 5 heteroatoms. The van der Waals surface area contributed by atoms with Crippen LogP contribution in [0.3, 0.4) is 0 Å². The molecule has 0 saturated carbocycles. The van der Waals surface area contributed by atoms with Crippen molar-refractivity contribution in [1.29, 1.82) is 0 Å². The zero-order valence-corrected chi connectivity index (χ0v) is 12.2. The van der Waals surface area contributed by atoms with E-state index in [2.05, 4.69) is 27.7 Å². The maximum atomic E-state index is 11.2. The summed E-state index contributed by atoms with van der Waals surface area (Å²) in [5.74, 6) is 0.704. The average Bonchev–Trinajstić information content (AvgIpc) is 2.94. The smallest absolute Gasteiger partial charge is 0.246 e. The summed E-state index contributed by atoms with van der Waals surface area (Å²) in [7, 11) is 1.54. The largest absolute Gasteiger partial charge is 0.375 e. The second kappa shape index (κ2) is 7.62. The van der Waals surface area contributed by atoms with Gasteiger partial charge in [-0.2, -0.15) is 0 Å². The molecule has 0 radical (unpaired) electrons. The summed E-state index contributed by atoms with van der Waals surface area (Å²) in [4.78, 5) is 15.2. The van der Waals surface area contributed by atoms with Crippen molar-refractivity contribution in [2.24, 2.45) is 0 Å². The fraction of sp³-hybridized carbons (Fsp3) is 0.643. The summed E-state index contributed by atoms with van der Waals surface area (Å²) < 4.78 is 4.78. The van der Waals surface area contributed by atoms with Gasteiger partial charge in [0.2, 0.25) is 5.91 Å². The number of methoxy groups -OCH3 is 1. The van der Waals surface area contributed by atoms with Gasteiger partial charge in [-0.05, 0) is 43.3 Å². The van der Waals surface area contributed by atoms with Crippen molar-refractivity contribution in [1.82, 2.24) is 10.2 Å². The van der Waals surface area contributed by atoms with Gasteiger partial charge in [-0.1, -0.05) is 6.07 Å². The normalized spacial score (nSPS) is 17.5. The summed E-state index contributed by atoms with van der Waals surface area (Å²) in [6.45, 7) is 4.06. The Hall–Kier alpha value is -0.910. The first-order valence-corrected chi connectivity index (χ1v) is 7.69. The number of likely N-dealkylation sites (tertiary alicyclic amines) is 1. The zero-order valence-electron chi connectivity index (χ0n) is 11.4. The molecule has 0 aliphatic carbocycles. The fourth-order valence-electron chi connectivity index (χ4n) is 2.50. The number of hydrogen-bond donors (Lipinski definition) is 1. The van der Waals surface area contributed by atoms with E-state index in [0.717, 1.165) is 25.6 Å². The first-order valence-electron chi connectivity index (χ1n) is 6.81. The fourth-order valence-corrected chi connectivity index (χ4v) is 3.40. The number of nitrogens with one attached hydrogen (secondary N) is 1. The van der Waals surface area contributed by atoms with E-state index in [1.54, 1.807) is 0 Å². The van der Waals surface area contributed by atoms with Crippen molar-refractivity contribution >= 4 is 17.2 Å². The third kappa shape index (κ3) is 4.60. The highest BCUT2D eigenvalue weighted by Crippen LogP contribution is 2.30. The summed E-state index contributed by atoms with van der Waals surface area (Å²) >= 11 is 1.87. The Morgan fingerprint density at radius 2 is 2.32 bits per heavy atom. The number of piperidine rings is 1. The lowest BCUT2D eigenvalue weighted by molar-refractivity contribution is -0.124. The monoisotopic (exact) mass is 282 g/mol. The lowest BCUT2D eigenvalue weighted by Crippen LogP contribution is -2.39. The van der Waals surface area contributed by atoms with Gasteiger partial charge < -0.3 is 15.0 Å². The Kier molecular flexibility index (Phi) is 5.82. The average molecular weight is 282 g/mol. The van der Waals surface area contributed by atoms with Crippen LogP contribution in [-0.4, -0.2) is 50.7 Å². The van der Waals surface area contributed by atoms with Gasteiger partial charge in [-0.3, -0.25) is 4.79 Å². The predicted octanol–water partition coefficient (Wildman–Crippen LogP) is 1.69. The minimum Gasteiger partial charge on any atom is -0.375 e. The number of ether oxygens (including phenoxy) is 1. The predicted molar refractivity (Wildman–Crippen MR) is 77.6 cm³/mol. The molecule has 19 heavy (non-hydrogen) atoms. The third-order valence-corrected chi connectivity index (χ3v) is 4.59. The van der Waals surface area contributed by atoms with Crippen LogP contribution in [0.25, 0.3) is 0 Å². The molecule has 1 aliphatic heterocycles. The molecule has 0 unspecified atom stereocenters. The maximum Gasteiger partial charge on any atom is 0.246 e. The van der Waals surface area contributed by atoms with Crippen LogP contribution in [0.15, 0.2) is 17.5 Å². The minimum absolute atomic E-state index is 0.0315. The van der Waals surface area contributed by atoms with E-state index in [4.69, 9.17) is 4.74 Å². The van der Waals surface area contributed by atoms with Gasteiger partial charge in [0.05, 0.1) is 0 Å². The van der Waals surface area contributed by atoms with Crippen LogP contribution >= 0.6 is 11.3 Å². The van der Waals surface area contributed by atoms with Crippen LogP contribution in [0, 0.1) is 0 Å². The molecule has 1 N–H and O–H groups in total. The molecule has 1 fully saturated rings. The van der Waals surface area contributed by atoms with Gasteiger partial charge in [0.1, 0.15) is 6.61 Å². The highest BCUT2D eigenvalue weighted by atomic mass is 32.1. The molecular weight excluding hydrogens is 260 g/mol. The highest BCUT2D eigenvalue weighted by molar-refractivity contribution is 7.10. The molecule has 0 bridgehead atoms. The van der Waals surface area contributed by atoms with E-state index in [9.17, 15) is 4.79 Å². The quantitative estimate of drug-likeness (QED) is 0.863. The topological polar surface area (TPSA) is 41.6 Å². The molecule has 2 rings (SSSR count). The summed E-state index contributed by atoms with van der Waals surface area (Å²) in [5.41, 5.74) is 0. The molecule has 2 heterocycles. The molecule has 1 aromatic heterocycles. The number of carbonyl (C=O) groups excluding carboxylic acids is 1. The molecule has 0 spiro atoms. The van der Waals surface area contributed by atoms with Crippen molar-refractivity contribution in [2.75, 3.05) is 39.9 Å². The van der Waals surface area contributed by atoms with Gasteiger partial charge in [0, 0.05) is 25.1 Å². The molecule has 1 saturated heterocycles. The standard InChI is InChI=1S/C14H22N2O2S/c1-18-11-14(17)15-6-9-16-7-4-12(5-8-16)13-3-2-10-19-13/h2-3,10,12H,4-9,11H2,1H3,(H,15,17). The van der Waals surface area contributed by atoms with Gasteiger partial charge in [-0.25, -0.2) is 0 Å². The molecule has 0 atom stereocenters. The van der Waals surface area contributed by atoms with Crippen LogP contribution in [0.1, 0.15) is 23.6 Å². The van der Waals surface area contributed by atoms with Crippen LogP contribution in [0.4, 0.5) is 0 Å². The lowest BCUT2D eigenvalue weighted by atomic mass is 9.95. The molecule has 4 nitrogen and oxygen atoms in total. The molecule has 1 aliphatic rings. The molecule has 0 aromatic carbocycles. The van der Waals surface area contributed by atoms with Crippen LogP contribution in [-0.2, 0) is 9.53 Å². The summed E-state index contributed by atoms with van der Waals surface area (Å²) in [6.07, 6.45) is 2.46. The van der Waals surface area contributed by atoms with Crippen molar-refractivity contribution in [3.8, 4) is 0 Å². The lowest BCUT2D eigenvalue weighted by Gasteiger charge is -2.31. The van der Waals surface area contributed by atoms with Crippen molar-refractivity contribution in [2.45, 2.75) is 18.8 Å². The molecule has 106 valence electrons. The van der Waals surface area contributed by atoms with Crippen molar-refractivity contribution < 1.29 is 9.53 Å². The Balaban J connectivity index is 1.62. The van der Waals surface area contributed by atoms with E-state index < -0.39 is 0 Å². The van der Waals surface area contributed by atoms with E-state index in [-0.39, 0.29) is 12.5 Å². The first kappa shape index (κ1) is 14.5. The number of carbonyl (C=O) groups is 1. The van der Waals surface area contributed by atoms with Crippen LogP contribution in [0.2, 0.25) is 0 Å². The number of rotatable bonds is 6. The second-order valence-corrected chi connectivity index (χ2v) is 5.89. The molecule has 1 aromatic rings. The zero-order chi connectivity index (χ0) is 13.5. The Morgan fingerprint density at radius 1 is 1.53 bits per heavy atom. The number of thiophene rings is 1. The molecular formula is C14H22N2O2S. The third-order valence-electron chi connectivity index (χ3n) is 3.56. The van der Waals surface area contributed by atoms with Gasteiger partial charge in [0.15, 0.2) is 0 Å². The van der Waals surface area contributed by atoms with Crippen molar-refractivity contribution in [3.63, 3.8) is 0 Å². The maximum absolute atomic E-state index is 11.2. The Morgan fingerprint density at radius 3 is 2.95 bits per heavy atom. The Bertz CT molecular complexity index is 373. The van der Waals surface area contributed by atoms with E-state index in [0.29, 0.717) is 6.54 Å². The van der Waals surface area contributed by atoms with E-state index in [1.165, 1.54) is 24.8 Å². The van der Waals surface area contributed by atoms with E-state index in [1.807, 2.05) is 11.3 Å². The van der Waals surface area contributed by atoms with Crippen LogP contribution in [0.5, 0.6) is 0 Å². The Labute approximate surface area is 118 Å². The summed E-state index contributed by atoms with van der Waals surface area (Å²) in [5, 5.41) is 5.03. The molecule has 1 amide bonds. The van der Waals surface area contributed by atoms with Crippen LogP contribution < -0.4 is 5.32 Å². The van der Waals surface area contributed by atoms with E-state index >= 15 is 0 Å². The highest BCUT2D eigenvalue weighted by Gasteiger charge is 2.20. The van der Waals surface area contributed by atoms with Gasteiger partial charge in [0.25, 0.3) is 0 Å². The van der Waals surface area contributed by atoms with Crippen molar-refractivity contribution in [3.05, 3.63) is 22.4 Å². The van der Waals surface area contributed by atoms with Gasteiger partial charge in [-0.15, -0.1) is 11.3 Å². The minimum atomic E-state index is -0.0315. The SMILES string of the molecule is COCC(=O)NCCN1CCC(c2cccs2)CC1. The first-order chi connectivity index (χ1) is 9.29. The number of amides is 1. The summed E-state index contributed by atoms with van der Waals surface area (Å²) in [6, 6.07) is 4.38. The second-order valence-electron chi connectivity index (χ2n) is 4.91.